The Morgan fingerprint density at radius 2 is 0.629 bits per heavy atom. The molecule has 0 amide bonds. The first-order valence-electron chi connectivity index (χ1n) is 25.9. The lowest BCUT2D eigenvalue weighted by Gasteiger charge is -2.18. The highest BCUT2D eigenvalue weighted by atomic mass is 16.6. The molecule has 0 aromatic rings. The van der Waals surface area contributed by atoms with Gasteiger partial charge >= 0.3 is 17.9 Å². The zero-order chi connectivity index (χ0) is 45.1. The third kappa shape index (κ3) is 47.9. The second-order valence-corrected chi connectivity index (χ2v) is 17.1. The number of carbonyl (C=O) groups excluding carboxylic acids is 3. The standard InChI is InChI=1S/C56H96O6/c1-4-7-10-13-16-18-20-22-24-26-28-30-31-33-35-37-40-43-46-49-55(58)61-52-53(51-60-54(57)48-45-42-39-15-12-9-6-3)62-56(59)50-47-44-41-38-36-34-32-29-27-25-23-21-19-17-14-11-8-5-2/h7,10,16,18,22,24-25,27-28,30,33,35,53H,4-6,8-9,11-15,17,19-21,23,26,29,31-32,34,36-52H2,1-3H3/b10-7-,18-16-,24-22-,27-25-,30-28-,35-33-. The van der Waals surface area contributed by atoms with E-state index in [-0.39, 0.29) is 31.1 Å². The molecule has 0 heterocycles. The minimum atomic E-state index is -0.788. The summed E-state index contributed by atoms with van der Waals surface area (Å²) >= 11 is 0. The molecular weight excluding hydrogens is 769 g/mol. The number of ether oxygens (including phenoxy) is 3. The summed E-state index contributed by atoms with van der Waals surface area (Å²) < 4.78 is 16.7. The Morgan fingerprint density at radius 1 is 0.339 bits per heavy atom. The summed E-state index contributed by atoms with van der Waals surface area (Å²) in [5.41, 5.74) is 0. The van der Waals surface area contributed by atoms with E-state index in [0.29, 0.717) is 19.3 Å². The molecule has 0 rings (SSSR count). The van der Waals surface area contributed by atoms with Gasteiger partial charge in [0.25, 0.3) is 0 Å². The number of carbonyl (C=O) groups is 3. The predicted molar refractivity (Wildman–Crippen MR) is 265 cm³/mol. The summed E-state index contributed by atoms with van der Waals surface area (Å²) in [6, 6.07) is 0. The summed E-state index contributed by atoms with van der Waals surface area (Å²) in [6.07, 6.45) is 63.3. The zero-order valence-electron chi connectivity index (χ0n) is 40.6. The van der Waals surface area contributed by atoms with Gasteiger partial charge in [-0.1, -0.05) is 209 Å². The maximum Gasteiger partial charge on any atom is 0.306 e. The third-order valence-electron chi connectivity index (χ3n) is 10.9. The van der Waals surface area contributed by atoms with Gasteiger partial charge in [-0.05, 0) is 89.9 Å². The molecule has 0 N–H and O–H groups in total. The topological polar surface area (TPSA) is 78.9 Å². The molecule has 356 valence electrons. The van der Waals surface area contributed by atoms with Crippen LogP contribution in [-0.2, 0) is 28.6 Å². The van der Waals surface area contributed by atoms with E-state index in [0.717, 1.165) is 96.3 Å². The van der Waals surface area contributed by atoms with Crippen LogP contribution in [0.25, 0.3) is 0 Å². The minimum absolute atomic E-state index is 0.0874. The van der Waals surface area contributed by atoms with Crippen LogP contribution in [0.5, 0.6) is 0 Å². The first-order chi connectivity index (χ1) is 30.5. The maximum atomic E-state index is 12.8. The number of allylic oxidation sites excluding steroid dienone is 12. The predicted octanol–water partition coefficient (Wildman–Crippen LogP) is 17.0. The molecule has 0 spiro atoms. The van der Waals surface area contributed by atoms with Gasteiger partial charge in [-0.2, -0.15) is 0 Å². The van der Waals surface area contributed by atoms with Crippen LogP contribution in [0.15, 0.2) is 72.9 Å². The molecule has 6 nitrogen and oxygen atoms in total. The van der Waals surface area contributed by atoms with Crippen molar-refractivity contribution in [2.75, 3.05) is 13.2 Å². The van der Waals surface area contributed by atoms with Crippen LogP contribution in [-0.4, -0.2) is 37.2 Å². The molecule has 0 aliphatic rings. The van der Waals surface area contributed by atoms with Gasteiger partial charge < -0.3 is 14.2 Å². The highest BCUT2D eigenvalue weighted by Crippen LogP contribution is 2.14. The van der Waals surface area contributed by atoms with Gasteiger partial charge in [0.2, 0.25) is 0 Å². The van der Waals surface area contributed by atoms with Crippen molar-refractivity contribution < 1.29 is 28.6 Å². The summed E-state index contributed by atoms with van der Waals surface area (Å²) in [7, 11) is 0. The van der Waals surface area contributed by atoms with Crippen molar-refractivity contribution >= 4 is 17.9 Å². The number of unbranched alkanes of at least 4 members (excludes halogenated alkanes) is 23. The normalized spacial score (nSPS) is 12.6. The van der Waals surface area contributed by atoms with Crippen LogP contribution >= 0.6 is 0 Å². The van der Waals surface area contributed by atoms with Crippen molar-refractivity contribution in [2.24, 2.45) is 0 Å². The van der Waals surface area contributed by atoms with Crippen LogP contribution in [0.4, 0.5) is 0 Å². The van der Waals surface area contributed by atoms with Gasteiger partial charge in [0.15, 0.2) is 6.10 Å². The fraction of sp³-hybridized carbons (Fsp3) is 0.732. The molecule has 6 heteroatoms. The third-order valence-corrected chi connectivity index (χ3v) is 10.9. The SMILES string of the molecule is CC/C=C\C/C=C\C/C=C\C/C=C\C/C=C\CCCCCC(=O)OCC(COC(=O)CCCCCCCCC)OC(=O)CCCCCCCCC/C=C\CCCCCCCCC. The first-order valence-corrected chi connectivity index (χ1v) is 25.9. The molecule has 0 saturated carbocycles. The lowest BCUT2D eigenvalue weighted by molar-refractivity contribution is -0.167. The molecule has 0 aliphatic carbocycles. The molecule has 0 aromatic heterocycles. The van der Waals surface area contributed by atoms with Crippen LogP contribution in [0.1, 0.15) is 245 Å². The van der Waals surface area contributed by atoms with E-state index in [1.807, 2.05) is 0 Å². The smallest absolute Gasteiger partial charge is 0.306 e. The second kappa shape index (κ2) is 50.5. The Hall–Kier alpha value is -3.15. The fourth-order valence-corrected chi connectivity index (χ4v) is 7.05. The summed E-state index contributed by atoms with van der Waals surface area (Å²) in [5, 5.41) is 0. The molecule has 0 aliphatic heterocycles. The molecule has 1 atom stereocenters. The van der Waals surface area contributed by atoms with Gasteiger partial charge in [0.05, 0.1) is 0 Å². The highest BCUT2D eigenvalue weighted by Gasteiger charge is 2.19. The maximum absolute atomic E-state index is 12.8. The number of rotatable bonds is 46. The van der Waals surface area contributed by atoms with Crippen molar-refractivity contribution in [3.8, 4) is 0 Å². The van der Waals surface area contributed by atoms with Gasteiger partial charge in [-0.25, -0.2) is 0 Å². The van der Waals surface area contributed by atoms with Crippen molar-refractivity contribution in [1.29, 1.82) is 0 Å². The Bertz CT molecular complexity index is 1180. The van der Waals surface area contributed by atoms with Gasteiger partial charge in [-0.15, -0.1) is 0 Å². The molecule has 0 fully saturated rings. The van der Waals surface area contributed by atoms with E-state index >= 15 is 0 Å². The van der Waals surface area contributed by atoms with Gasteiger partial charge in [-0.3, -0.25) is 14.4 Å². The molecular formula is C56H96O6. The Kier molecular flexibility index (Phi) is 47.9. The van der Waals surface area contributed by atoms with E-state index in [4.69, 9.17) is 14.2 Å². The average molecular weight is 865 g/mol. The van der Waals surface area contributed by atoms with Crippen LogP contribution in [0, 0.1) is 0 Å². The van der Waals surface area contributed by atoms with Crippen LogP contribution < -0.4 is 0 Å². The van der Waals surface area contributed by atoms with Crippen molar-refractivity contribution in [2.45, 2.75) is 252 Å². The lowest BCUT2D eigenvalue weighted by Crippen LogP contribution is -2.30. The number of esters is 3. The Labute approximate surface area is 382 Å². The number of hydrogen-bond donors (Lipinski definition) is 0. The Morgan fingerprint density at radius 3 is 1.02 bits per heavy atom. The van der Waals surface area contributed by atoms with Crippen LogP contribution in [0.2, 0.25) is 0 Å². The fourth-order valence-electron chi connectivity index (χ4n) is 7.05. The lowest BCUT2D eigenvalue weighted by atomic mass is 10.1. The zero-order valence-corrected chi connectivity index (χ0v) is 40.6. The van der Waals surface area contributed by atoms with E-state index in [1.165, 1.54) is 109 Å². The highest BCUT2D eigenvalue weighted by molar-refractivity contribution is 5.71. The largest absolute Gasteiger partial charge is 0.462 e. The average Bonchev–Trinajstić information content (AvgIpc) is 3.27. The molecule has 62 heavy (non-hydrogen) atoms. The van der Waals surface area contributed by atoms with Crippen molar-refractivity contribution in [1.82, 2.24) is 0 Å². The Balaban J connectivity index is 4.32. The second-order valence-electron chi connectivity index (χ2n) is 17.1. The molecule has 1 unspecified atom stereocenters. The summed E-state index contributed by atoms with van der Waals surface area (Å²) in [6.45, 7) is 6.45. The molecule has 0 bridgehead atoms. The van der Waals surface area contributed by atoms with E-state index in [9.17, 15) is 14.4 Å². The first kappa shape index (κ1) is 58.9. The van der Waals surface area contributed by atoms with E-state index < -0.39 is 6.10 Å². The summed E-state index contributed by atoms with van der Waals surface area (Å²) in [5.74, 6) is -0.930. The quantitative estimate of drug-likeness (QED) is 0.0262. The molecule has 0 radical (unpaired) electrons. The molecule has 0 aromatic carbocycles. The van der Waals surface area contributed by atoms with E-state index in [2.05, 4.69) is 93.7 Å². The molecule has 0 saturated heterocycles. The van der Waals surface area contributed by atoms with E-state index in [1.54, 1.807) is 0 Å². The van der Waals surface area contributed by atoms with Crippen molar-refractivity contribution in [3.05, 3.63) is 72.9 Å². The van der Waals surface area contributed by atoms with Gasteiger partial charge in [0.1, 0.15) is 13.2 Å². The number of hydrogen-bond acceptors (Lipinski definition) is 6. The van der Waals surface area contributed by atoms with Crippen LogP contribution in [0.3, 0.4) is 0 Å². The van der Waals surface area contributed by atoms with Crippen molar-refractivity contribution in [3.63, 3.8) is 0 Å². The monoisotopic (exact) mass is 865 g/mol. The minimum Gasteiger partial charge on any atom is -0.462 e. The van der Waals surface area contributed by atoms with Gasteiger partial charge in [0, 0.05) is 19.3 Å². The summed E-state index contributed by atoms with van der Waals surface area (Å²) in [4.78, 5) is 37.8.